The van der Waals surface area contributed by atoms with Crippen LogP contribution in [0.2, 0.25) is 0 Å². The molecule has 4 aromatic carbocycles. The van der Waals surface area contributed by atoms with E-state index in [1.54, 1.807) is 5.57 Å². The third kappa shape index (κ3) is 6.32. The van der Waals surface area contributed by atoms with Crippen LogP contribution < -0.4 is 5.32 Å². The van der Waals surface area contributed by atoms with Crippen molar-refractivity contribution in [1.82, 2.24) is 5.32 Å². The van der Waals surface area contributed by atoms with Gasteiger partial charge in [0.25, 0.3) is 0 Å². The molecule has 1 N–H and O–H groups in total. The van der Waals surface area contributed by atoms with E-state index >= 15 is 0 Å². The lowest BCUT2D eigenvalue weighted by Crippen LogP contribution is -2.44. The second-order valence-corrected chi connectivity index (χ2v) is 16.8. The highest BCUT2D eigenvalue weighted by molar-refractivity contribution is 6.09. The molecule has 7 aliphatic rings. The van der Waals surface area contributed by atoms with Crippen LogP contribution >= 0.6 is 0 Å². The molecule has 5 aliphatic carbocycles. The van der Waals surface area contributed by atoms with Gasteiger partial charge in [-0.05, 0) is 124 Å². The van der Waals surface area contributed by atoms with Gasteiger partial charge in [-0.15, -0.1) is 0 Å². The maximum absolute atomic E-state index is 5.42. The second kappa shape index (κ2) is 14.5. The molecule has 0 bridgehead atoms. The topological polar surface area (TPSA) is 24.4 Å². The van der Waals surface area contributed by atoms with Crippen LogP contribution in [-0.2, 0) is 6.42 Å². The molecule has 0 fully saturated rings. The van der Waals surface area contributed by atoms with E-state index in [9.17, 15) is 0 Å². The first-order chi connectivity index (χ1) is 28.2. The zero-order valence-electron chi connectivity index (χ0n) is 32.4. The second-order valence-electron chi connectivity index (χ2n) is 16.8. The lowest BCUT2D eigenvalue weighted by Gasteiger charge is -2.41. The van der Waals surface area contributed by atoms with Gasteiger partial charge >= 0.3 is 0 Å². The summed E-state index contributed by atoms with van der Waals surface area (Å²) in [5.74, 6) is 1.07. The molecule has 0 amide bonds. The number of nitrogens with zero attached hydrogens (tertiary/aromatic N) is 1. The van der Waals surface area contributed by atoms with Crippen molar-refractivity contribution in [2.75, 3.05) is 0 Å². The SMILES string of the molecule is C1=CC2=C(C3C=CC(C[C@H]4CC5=C(C=C4c4ccccc4)c4cc(-c6ccccc6)ccc4CC5)=CC3)C3=C(NC2CC1)C1N=C(c2ccccc2)C=CC1C=C3. The predicted octanol–water partition coefficient (Wildman–Crippen LogP) is 12.5. The van der Waals surface area contributed by atoms with Gasteiger partial charge in [0.15, 0.2) is 0 Å². The van der Waals surface area contributed by atoms with Crippen LogP contribution in [0, 0.1) is 17.8 Å². The number of hydrogen-bond donors (Lipinski definition) is 1. The monoisotopic (exact) mass is 736 g/mol. The summed E-state index contributed by atoms with van der Waals surface area (Å²) in [6.07, 6.45) is 32.1. The van der Waals surface area contributed by atoms with E-state index in [0.29, 0.717) is 17.9 Å². The van der Waals surface area contributed by atoms with Crippen LogP contribution in [0.3, 0.4) is 0 Å². The number of allylic oxidation sites excluding steroid dienone is 13. The summed E-state index contributed by atoms with van der Waals surface area (Å²) >= 11 is 0. The summed E-state index contributed by atoms with van der Waals surface area (Å²) < 4.78 is 0. The van der Waals surface area contributed by atoms with E-state index in [4.69, 9.17) is 4.99 Å². The minimum Gasteiger partial charge on any atom is -0.379 e. The Morgan fingerprint density at radius 3 is 2.25 bits per heavy atom. The zero-order valence-corrected chi connectivity index (χ0v) is 32.4. The largest absolute Gasteiger partial charge is 0.379 e. The summed E-state index contributed by atoms with van der Waals surface area (Å²) in [6.45, 7) is 0. The lowest BCUT2D eigenvalue weighted by atomic mass is 9.70. The zero-order chi connectivity index (χ0) is 37.7. The molecule has 2 heteroatoms. The van der Waals surface area contributed by atoms with Gasteiger partial charge < -0.3 is 5.32 Å². The first-order valence-electron chi connectivity index (χ1n) is 21.2. The predicted molar refractivity (Wildman–Crippen MR) is 237 cm³/mol. The fourth-order valence-electron chi connectivity index (χ4n) is 10.6. The number of rotatable bonds is 6. The number of hydrogen-bond acceptors (Lipinski definition) is 2. The fraction of sp³-hybridized carbons (Fsp3) is 0.218. The quantitative estimate of drug-likeness (QED) is 0.209. The normalized spacial score (nSPS) is 25.7. The van der Waals surface area contributed by atoms with Crippen LogP contribution in [0.1, 0.15) is 60.8 Å². The van der Waals surface area contributed by atoms with E-state index in [-0.39, 0.29) is 12.0 Å². The number of fused-ring (bicyclic) bond motifs is 5. The summed E-state index contributed by atoms with van der Waals surface area (Å²) in [6, 6.07) is 40.2. The average molecular weight is 737 g/mol. The van der Waals surface area contributed by atoms with Crippen LogP contribution in [0.25, 0.3) is 22.3 Å². The smallest absolute Gasteiger partial charge is 0.100 e. The molecule has 0 spiro atoms. The Morgan fingerprint density at radius 2 is 1.46 bits per heavy atom. The molecule has 2 aliphatic heterocycles. The van der Waals surface area contributed by atoms with Crippen molar-refractivity contribution in [3.05, 3.63) is 226 Å². The van der Waals surface area contributed by atoms with Crippen LogP contribution in [0.5, 0.6) is 0 Å². The highest BCUT2D eigenvalue weighted by Crippen LogP contribution is 2.48. The molecule has 0 saturated carbocycles. The molecule has 11 rings (SSSR count). The van der Waals surface area contributed by atoms with Gasteiger partial charge in [-0.25, -0.2) is 0 Å². The lowest BCUT2D eigenvalue weighted by molar-refractivity contribution is 0.501. The van der Waals surface area contributed by atoms with Crippen molar-refractivity contribution in [3.8, 4) is 11.1 Å². The third-order valence-corrected chi connectivity index (χ3v) is 13.4. The number of benzene rings is 4. The standard InChI is InChI=1S/C55H48N2/c1-4-12-37(13-5-1)43-26-24-39-25-27-44-33-45(48(35-50(44)49(39)34-43)38-14-6-2-7-15-38)32-36-20-22-41(23-21-36)53-46-18-10-11-19-52(46)57-55-47(53)30-28-42-29-31-51(56-54(42)55)40-16-8-3-9-17-40/h1-10,12-18,20-22,24,26,28-31,34-35,41-42,45,52,54,57H,11,19,23,25,27,32-33H2/t41?,42?,45-,52?,54?/m0/s1. The van der Waals surface area contributed by atoms with Gasteiger partial charge in [0.1, 0.15) is 6.04 Å². The van der Waals surface area contributed by atoms with Gasteiger partial charge in [0.2, 0.25) is 0 Å². The highest BCUT2D eigenvalue weighted by atomic mass is 15.0. The molecule has 278 valence electrons. The van der Waals surface area contributed by atoms with Crippen molar-refractivity contribution < 1.29 is 0 Å². The maximum atomic E-state index is 5.42. The van der Waals surface area contributed by atoms with E-state index in [1.807, 2.05) is 0 Å². The highest BCUT2D eigenvalue weighted by Gasteiger charge is 2.38. The Bertz CT molecular complexity index is 2570. The van der Waals surface area contributed by atoms with Gasteiger partial charge in [0, 0.05) is 17.5 Å². The minimum atomic E-state index is 0.0803. The number of dihydropyridines is 2. The number of nitrogens with one attached hydrogen (secondary N) is 1. The average Bonchev–Trinajstić information content (AvgIpc) is 3.29. The van der Waals surface area contributed by atoms with E-state index in [2.05, 4.69) is 175 Å². The maximum Gasteiger partial charge on any atom is 0.100 e. The molecule has 0 radical (unpaired) electrons. The molecule has 5 atom stereocenters. The molecule has 2 heterocycles. The van der Waals surface area contributed by atoms with Crippen molar-refractivity contribution in [2.45, 2.75) is 57.0 Å². The molecule has 2 nitrogen and oxygen atoms in total. The van der Waals surface area contributed by atoms with Crippen LogP contribution in [0.15, 0.2) is 209 Å². The Labute approximate surface area is 337 Å². The Morgan fingerprint density at radius 1 is 0.684 bits per heavy atom. The minimum absolute atomic E-state index is 0.0803. The molecule has 57 heavy (non-hydrogen) atoms. The van der Waals surface area contributed by atoms with Crippen molar-refractivity contribution >= 4 is 16.9 Å². The number of aliphatic imine (C=N–C) groups is 1. The van der Waals surface area contributed by atoms with Crippen molar-refractivity contribution in [1.29, 1.82) is 0 Å². The summed E-state index contributed by atoms with van der Waals surface area (Å²) in [5.41, 5.74) is 20.8. The summed E-state index contributed by atoms with van der Waals surface area (Å²) in [5, 5.41) is 4.05. The fourth-order valence-corrected chi connectivity index (χ4v) is 10.6. The number of aryl methyl sites for hydroxylation is 1. The van der Waals surface area contributed by atoms with Gasteiger partial charge in [-0.1, -0.05) is 169 Å². The van der Waals surface area contributed by atoms with E-state index in [0.717, 1.165) is 50.7 Å². The van der Waals surface area contributed by atoms with E-state index < -0.39 is 0 Å². The Kier molecular flexibility index (Phi) is 8.72. The third-order valence-electron chi connectivity index (χ3n) is 13.4. The Balaban J connectivity index is 0.890. The van der Waals surface area contributed by atoms with Gasteiger partial charge in [0.05, 0.1) is 11.8 Å². The Hall–Kier alpha value is -5.99. The van der Waals surface area contributed by atoms with Gasteiger partial charge in [-0.2, -0.15) is 0 Å². The molecule has 0 saturated heterocycles. The van der Waals surface area contributed by atoms with Crippen molar-refractivity contribution in [3.63, 3.8) is 0 Å². The van der Waals surface area contributed by atoms with Crippen LogP contribution in [0.4, 0.5) is 0 Å². The molecular weight excluding hydrogens is 689 g/mol. The molecule has 0 aromatic heterocycles. The molecular formula is C55H48N2. The van der Waals surface area contributed by atoms with Gasteiger partial charge in [-0.3, -0.25) is 4.99 Å². The summed E-state index contributed by atoms with van der Waals surface area (Å²) in [4.78, 5) is 5.42. The first-order valence-corrected chi connectivity index (χ1v) is 21.2. The summed E-state index contributed by atoms with van der Waals surface area (Å²) in [7, 11) is 0. The molecule has 4 unspecified atom stereocenters. The van der Waals surface area contributed by atoms with Crippen molar-refractivity contribution in [2.24, 2.45) is 22.7 Å². The first kappa shape index (κ1) is 34.3. The van der Waals surface area contributed by atoms with E-state index in [1.165, 1.54) is 72.5 Å². The van der Waals surface area contributed by atoms with Crippen LogP contribution in [-0.4, -0.2) is 17.8 Å². The molecule has 4 aromatic rings.